The smallest absolute Gasteiger partial charge is 0.255 e. The lowest BCUT2D eigenvalue weighted by Crippen LogP contribution is -2.46. The van der Waals surface area contributed by atoms with E-state index in [0.717, 1.165) is 19.5 Å². The van der Waals surface area contributed by atoms with Gasteiger partial charge >= 0.3 is 0 Å². The summed E-state index contributed by atoms with van der Waals surface area (Å²) in [5.41, 5.74) is 3.86. The first-order chi connectivity index (χ1) is 12.6. The largest absolute Gasteiger partial charge is 0.493 e. The van der Waals surface area contributed by atoms with Crippen molar-refractivity contribution in [3.63, 3.8) is 0 Å². The molecule has 0 fully saturated rings. The first kappa shape index (κ1) is 17.0. The SMILES string of the molecule is O=C1c2ccc(O)nc2CCN1C[C@H](O)CN1CCc2ccccc2C1. The minimum absolute atomic E-state index is 0.0598. The number of hydrogen-bond donors (Lipinski definition) is 2. The van der Waals surface area contributed by atoms with E-state index >= 15 is 0 Å². The number of carbonyl (C=O) groups excluding carboxylic acids is 1. The second-order valence-corrected chi connectivity index (χ2v) is 7.07. The van der Waals surface area contributed by atoms with Crippen molar-refractivity contribution in [2.45, 2.75) is 25.5 Å². The lowest BCUT2D eigenvalue weighted by atomic mass is 9.99. The molecule has 1 aromatic heterocycles. The summed E-state index contributed by atoms with van der Waals surface area (Å²) >= 11 is 0. The van der Waals surface area contributed by atoms with Gasteiger partial charge in [0.05, 0.1) is 17.4 Å². The molecule has 2 N–H and O–H groups in total. The van der Waals surface area contributed by atoms with E-state index in [0.29, 0.717) is 37.3 Å². The predicted molar refractivity (Wildman–Crippen MR) is 96.9 cm³/mol. The molecule has 1 amide bonds. The highest BCUT2D eigenvalue weighted by Crippen LogP contribution is 2.21. The van der Waals surface area contributed by atoms with E-state index in [2.05, 4.69) is 34.1 Å². The molecule has 0 aliphatic carbocycles. The predicted octanol–water partition coefficient (Wildman–Crippen LogP) is 1.20. The summed E-state index contributed by atoms with van der Waals surface area (Å²) in [6.45, 7) is 3.15. The summed E-state index contributed by atoms with van der Waals surface area (Å²) in [6.07, 6.45) is 1.00. The first-order valence-corrected chi connectivity index (χ1v) is 9.05. The molecule has 136 valence electrons. The van der Waals surface area contributed by atoms with E-state index in [1.54, 1.807) is 11.0 Å². The first-order valence-electron chi connectivity index (χ1n) is 9.05. The number of carbonyl (C=O) groups is 1. The molecule has 6 heteroatoms. The Morgan fingerprint density at radius 3 is 2.69 bits per heavy atom. The van der Waals surface area contributed by atoms with Crippen molar-refractivity contribution in [3.05, 3.63) is 58.8 Å². The molecule has 3 heterocycles. The third-order valence-corrected chi connectivity index (χ3v) is 5.21. The maximum absolute atomic E-state index is 12.6. The third kappa shape index (κ3) is 3.43. The van der Waals surface area contributed by atoms with Gasteiger partial charge in [-0.3, -0.25) is 9.69 Å². The van der Waals surface area contributed by atoms with Crippen molar-refractivity contribution in [1.82, 2.24) is 14.8 Å². The number of aliphatic hydroxyl groups is 1. The van der Waals surface area contributed by atoms with Crippen LogP contribution in [0.2, 0.25) is 0 Å². The van der Waals surface area contributed by atoms with Gasteiger partial charge in [0, 0.05) is 45.2 Å². The number of β-amino-alcohol motifs (C(OH)–C–C–N with tert-alkyl or cyclic N) is 1. The van der Waals surface area contributed by atoms with Gasteiger partial charge in [-0.05, 0) is 23.6 Å². The molecule has 2 aliphatic heterocycles. The van der Waals surface area contributed by atoms with Gasteiger partial charge in [0.25, 0.3) is 5.91 Å². The van der Waals surface area contributed by atoms with Gasteiger partial charge in [-0.15, -0.1) is 0 Å². The monoisotopic (exact) mass is 353 g/mol. The highest BCUT2D eigenvalue weighted by molar-refractivity contribution is 5.96. The maximum atomic E-state index is 12.6. The van der Waals surface area contributed by atoms with Gasteiger partial charge in [-0.1, -0.05) is 24.3 Å². The Morgan fingerprint density at radius 2 is 1.85 bits per heavy atom. The minimum atomic E-state index is -0.587. The molecule has 1 atom stereocenters. The van der Waals surface area contributed by atoms with Crippen LogP contribution >= 0.6 is 0 Å². The van der Waals surface area contributed by atoms with Crippen molar-refractivity contribution in [3.8, 4) is 5.88 Å². The van der Waals surface area contributed by atoms with Crippen LogP contribution in [-0.4, -0.2) is 63.2 Å². The van der Waals surface area contributed by atoms with Crippen LogP contribution in [0.5, 0.6) is 5.88 Å². The standard InChI is InChI=1S/C20H23N3O3/c24-16(12-22-9-7-14-3-1-2-4-15(14)11-22)13-23-10-8-18-17(20(23)26)5-6-19(25)21-18/h1-6,16,24H,7-13H2,(H,21,25)/t16-/m1/s1. The topological polar surface area (TPSA) is 76.9 Å². The fourth-order valence-corrected chi connectivity index (χ4v) is 3.88. The van der Waals surface area contributed by atoms with Crippen LogP contribution in [0.25, 0.3) is 0 Å². The number of aliphatic hydroxyl groups excluding tert-OH is 1. The van der Waals surface area contributed by atoms with E-state index in [9.17, 15) is 15.0 Å². The summed E-state index contributed by atoms with van der Waals surface area (Å²) < 4.78 is 0. The summed E-state index contributed by atoms with van der Waals surface area (Å²) in [7, 11) is 0. The van der Waals surface area contributed by atoms with Crippen LogP contribution in [0, 0.1) is 0 Å². The fourth-order valence-electron chi connectivity index (χ4n) is 3.88. The number of rotatable bonds is 4. The molecule has 26 heavy (non-hydrogen) atoms. The van der Waals surface area contributed by atoms with Gasteiger partial charge in [-0.25, -0.2) is 4.98 Å². The van der Waals surface area contributed by atoms with Gasteiger partial charge in [0.15, 0.2) is 0 Å². The van der Waals surface area contributed by atoms with E-state index in [1.165, 1.54) is 17.2 Å². The highest BCUT2D eigenvalue weighted by Gasteiger charge is 2.28. The Labute approximate surface area is 152 Å². The molecule has 6 nitrogen and oxygen atoms in total. The lowest BCUT2D eigenvalue weighted by molar-refractivity contribution is 0.0490. The van der Waals surface area contributed by atoms with Crippen molar-refractivity contribution in [2.75, 3.05) is 26.2 Å². The summed E-state index contributed by atoms with van der Waals surface area (Å²) in [4.78, 5) is 20.6. The summed E-state index contributed by atoms with van der Waals surface area (Å²) in [6, 6.07) is 11.5. The Hall–Kier alpha value is -2.44. The molecule has 2 aromatic rings. The molecule has 0 saturated heterocycles. The molecule has 2 aliphatic rings. The number of benzene rings is 1. The molecule has 0 spiro atoms. The van der Waals surface area contributed by atoms with Crippen molar-refractivity contribution in [2.24, 2.45) is 0 Å². The molecule has 0 saturated carbocycles. The van der Waals surface area contributed by atoms with Crippen LogP contribution in [0.3, 0.4) is 0 Å². The van der Waals surface area contributed by atoms with E-state index < -0.39 is 6.10 Å². The average molecular weight is 353 g/mol. The van der Waals surface area contributed by atoms with E-state index in [4.69, 9.17) is 0 Å². The molecule has 1 aromatic carbocycles. The van der Waals surface area contributed by atoms with Gasteiger partial charge < -0.3 is 15.1 Å². The Morgan fingerprint density at radius 1 is 1.04 bits per heavy atom. The van der Waals surface area contributed by atoms with E-state index in [1.807, 2.05) is 0 Å². The number of amides is 1. The van der Waals surface area contributed by atoms with Crippen LogP contribution < -0.4 is 0 Å². The van der Waals surface area contributed by atoms with Crippen LogP contribution in [-0.2, 0) is 19.4 Å². The fraction of sp³-hybridized carbons (Fsp3) is 0.400. The molecular formula is C20H23N3O3. The second kappa shape index (κ2) is 7.05. The van der Waals surface area contributed by atoms with Crippen molar-refractivity contribution in [1.29, 1.82) is 0 Å². The zero-order valence-electron chi connectivity index (χ0n) is 14.6. The van der Waals surface area contributed by atoms with Gasteiger partial charge in [0.2, 0.25) is 5.88 Å². The number of fused-ring (bicyclic) bond motifs is 2. The molecular weight excluding hydrogens is 330 g/mol. The second-order valence-electron chi connectivity index (χ2n) is 7.07. The highest BCUT2D eigenvalue weighted by atomic mass is 16.3. The lowest BCUT2D eigenvalue weighted by Gasteiger charge is -2.33. The molecule has 0 radical (unpaired) electrons. The zero-order chi connectivity index (χ0) is 18.1. The summed E-state index contributed by atoms with van der Waals surface area (Å²) in [5.74, 6) is -0.183. The van der Waals surface area contributed by atoms with Gasteiger partial charge in [0.1, 0.15) is 0 Å². The number of aromatic hydroxyl groups is 1. The van der Waals surface area contributed by atoms with Crippen LogP contribution in [0.1, 0.15) is 27.2 Å². The molecule has 0 unspecified atom stereocenters. The Balaban J connectivity index is 1.36. The Bertz CT molecular complexity index is 824. The zero-order valence-corrected chi connectivity index (χ0v) is 14.6. The minimum Gasteiger partial charge on any atom is -0.493 e. The van der Waals surface area contributed by atoms with Crippen LogP contribution in [0.15, 0.2) is 36.4 Å². The van der Waals surface area contributed by atoms with Gasteiger partial charge in [-0.2, -0.15) is 0 Å². The normalized spacial score (nSPS) is 18.3. The summed E-state index contributed by atoms with van der Waals surface area (Å²) in [5, 5.41) is 20.0. The maximum Gasteiger partial charge on any atom is 0.255 e. The number of nitrogens with zero attached hydrogens (tertiary/aromatic N) is 3. The Kier molecular flexibility index (Phi) is 4.61. The molecule has 4 rings (SSSR count). The third-order valence-electron chi connectivity index (χ3n) is 5.21. The van der Waals surface area contributed by atoms with Crippen molar-refractivity contribution < 1.29 is 15.0 Å². The number of aromatic nitrogens is 1. The van der Waals surface area contributed by atoms with E-state index in [-0.39, 0.29) is 11.8 Å². The van der Waals surface area contributed by atoms with Crippen LogP contribution in [0.4, 0.5) is 0 Å². The number of hydrogen-bond acceptors (Lipinski definition) is 5. The molecule has 0 bridgehead atoms. The average Bonchev–Trinajstić information content (AvgIpc) is 2.64. The van der Waals surface area contributed by atoms with Crippen molar-refractivity contribution >= 4 is 5.91 Å². The number of pyridine rings is 1. The quantitative estimate of drug-likeness (QED) is 0.864.